The van der Waals surface area contributed by atoms with E-state index in [4.69, 9.17) is 0 Å². The maximum absolute atomic E-state index is 10.3. The quantitative estimate of drug-likeness (QED) is 0.665. The van der Waals surface area contributed by atoms with Gasteiger partial charge in [0.15, 0.2) is 0 Å². The van der Waals surface area contributed by atoms with Crippen molar-refractivity contribution in [2.45, 2.75) is 37.8 Å². The summed E-state index contributed by atoms with van der Waals surface area (Å²) in [7, 11) is 0. The van der Waals surface area contributed by atoms with Crippen LogP contribution in [0.3, 0.4) is 0 Å². The van der Waals surface area contributed by atoms with Crippen LogP contribution < -0.4 is 5.32 Å². The zero-order valence-corrected chi connectivity index (χ0v) is 9.35. The minimum atomic E-state index is -0.879. The number of hydrogen-bond donors (Lipinski definition) is 3. The molecule has 0 spiro atoms. The van der Waals surface area contributed by atoms with Gasteiger partial charge in [0.1, 0.15) is 11.2 Å². The highest BCUT2D eigenvalue weighted by Gasteiger charge is 2.29. The number of hydrogen-bond acceptors (Lipinski definition) is 6. The molecule has 0 radical (unpaired) electrons. The molecule has 3 rings (SSSR count). The average Bonchev–Trinajstić information content (AvgIpc) is 2.76. The number of H-pyrrole nitrogens is 1. The first-order chi connectivity index (χ1) is 8.25. The van der Waals surface area contributed by atoms with Crippen molar-refractivity contribution in [1.82, 2.24) is 25.4 Å². The number of aliphatic hydroxyl groups is 1. The molecular formula is C10H14N6O. The lowest BCUT2D eigenvalue weighted by Gasteiger charge is -2.32. The van der Waals surface area contributed by atoms with Crippen molar-refractivity contribution in [1.29, 1.82) is 0 Å². The fourth-order valence-corrected chi connectivity index (χ4v) is 2.18. The van der Waals surface area contributed by atoms with Crippen molar-refractivity contribution in [2.24, 2.45) is 0 Å². The highest BCUT2D eigenvalue weighted by Crippen LogP contribution is 2.28. The SMILES string of the molecule is OC1(Nc2ncc3[nH]nnc3n2)CCCCC1. The van der Waals surface area contributed by atoms with Crippen LogP contribution in [0.2, 0.25) is 0 Å². The zero-order valence-electron chi connectivity index (χ0n) is 9.35. The minimum absolute atomic E-state index is 0.399. The molecule has 0 unspecified atom stereocenters. The number of aromatic nitrogens is 5. The van der Waals surface area contributed by atoms with E-state index in [0.717, 1.165) is 25.7 Å². The van der Waals surface area contributed by atoms with E-state index >= 15 is 0 Å². The van der Waals surface area contributed by atoms with Crippen LogP contribution in [0.25, 0.3) is 11.2 Å². The lowest BCUT2D eigenvalue weighted by molar-refractivity contribution is 0.0309. The second-order valence-corrected chi connectivity index (χ2v) is 4.46. The minimum Gasteiger partial charge on any atom is -0.371 e. The molecule has 17 heavy (non-hydrogen) atoms. The standard InChI is InChI=1S/C10H14N6O/c17-10(4-2-1-3-5-10)13-9-11-6-7-8(12-9)15-16-14-7/h6,17H,1-5H2,(H2,11,12,13,14,15,16). The van der Waals surface area contributed by atoms with Gasteiger partial charge in [0, 0.05) is 0 Å². The van der Waals surface area contributed by atoms with Crippen molar-refractivity contribution >= 4 is 17.1 Å². The van der Waals surface area contributed by atoms with Crippen LogP contribution >= 0.6 is 0 Å². The van der Waals surface area contributed by atoms with Gasteiger partial charge in [-0.1, -0.05) is 11.6 Å². The van der Waals surface area contributed by atoms with Gasteiger partial charge in [-0.05, 0) is 25.7 Å². The molecule has 2 aromatic rings. The number of rotatable bonds is 2. The summed E-state index contributed by atoms with van der Waals surface area (Å²) < 4.78 is 0. The Kier molecular flexibility index (Phi) is 2.40. The highest BCUT2D eigenvalue weighted by atomic mass is 16.3. The molecule has 1 aliphatic rings. The van der Waals surface area contributed by atoms with Gasteiger partial charge in [-0.2, -0.15) is 4.98 Å². The fraction of sp³-hybridized carbons (Fsp3) is 0.600. The maximum Gasteiger partial charge on any atom is 0.227 e. The molecule has 0 bridgehead atoms. The summed E-state index contributed by atoms with van der Waals surface area (Å²) in [5, 5.41) is 23.4. The van der Waals surface area contributed by atoms with Crippen molar-refractivity contribution in [3.63, 3.8) is 0 Å². The van der Waals surface area contributed by atoms with Crippen molar-refractivity contribution < 1.29 is 5.11 Å². The van der Waals surface area contributed by atoms with Gasteiger partial charge < -0.3 is 10.4 Å². The second kappa shape index (κ2) is 3.92. The summed E-state index contributed by atoms with van der Waals surface area (Å²) >= 11 is 0. The summed E-state index contributed by atoms with van der Waals surface area (Å²) in [6.45, 7) is 0. The summed E-state index contributed by atoms with van der Waals surface area (Å²) in [6, 6.07) is 0. The van der Waals surface area contributed by atoms with Crippen LogP contribution in [-0.4, -0.2) is 36.2 Å². The van der Waals surface area contributed by atoms with E-state index in [1.165, 1.54) is 6.42 Å². The number of nitrogens with one attached hydrogen (secondary N) is 2. The average molecular weight is 234 g/mol. The summed E-state index contributed by atoms with van der Waals surface area (Å²) in [5.74, 6) is 0.399. The first-order valence-electron chi connectivity index (χ1n) is 5.80. The monoisotopic (exact) mass is 234 g/mol. The van der Waals surface area contributed by atoms with E-state index in [2.05, 4.69) is 30.7 Å². The second-order valence-electron chi connectivity index (χ2n) is 4.46. The largest absolute Gasteiger partial charge is 0.371 e. The molecule has 90 valence electrons. The predicted octanol–water partition coefficient (Wildman–Crippen LogP) is 0.812. The Hall–Kier alpha value is -1.76. The third-order valence-corrected chi connectivity index (χ3v) is 3.11. The molecule has 0 aromatic carbocycles. The van der Waals surface area contributed by atoms with Gasteiger partial charge >= 0.3 is 0 Å². The van der Waals surface area contributed by atoms with E-state index in [-0.39, 0.29) is 0 Å². The lowest BCUT2D eigenvalue weighted by atomic mass is 9.92. The third kappa shape index (κ3) is 2.05. The molecule has 7 heteroatoms. The molecule has 0 atom stereocenters. The van der Waals surface area contributed by atoms with Crippen LogP contribution in [0.5, 0.6) is 0 Å². The Labute approximate surface area is 97.7 Å². The normalized spacial score (nSPS) is 19.4. The molecule has 0 saturated heterocycles. The summed E-state index contributed by atoms with van der Waals surface area (Å²) in [4.78, 5) is 8.31. The molecule has 1 fully saturated rings. The Morgan fingerprint density at radius 1 is 1.29 bits per heavy atom. The Morgan fingerprint density at radius 2 is 2.12 bits per heavy atom. The third-order valence-electron chi connectivity index (χ3n) is 3.11. The number of nitrogens with zero attached hydrogens (tertiary/aromatic N) is 4. The maximum atomic E-state index is 10.3. The number of anilines is 1. The molecular weight excluding hydrogens is 220 g/mol. The lowest BCUT2D eigenvalue weighted by Crippen LogP contribution is -2.40. The number of aromatic amines is 1. The van der Waals surface area contributed by atoms with Crippen LogP contribution in [-0.2, 0) is 0 Å². The Bertz CT molecular complexity index is 518. The van der Waals surface area contributed by atoms with Gasteiger partial charge in [-0.25, -0.2) is 4.98 Å². The zero-order chi connectivity index (χ0) is 11.7. The van der Waals surface area contributed by atoms with E-state index in [0.29, 0.717) is 17.1 Å². The Morgan fingerprint density at radius 3 is 2.94 bits per heavy atom. The molecule has 7 nitrogen and oxygen atoms in total. The molecule has 0 amide bonds. The molecule has 3 N–H and O–H groups in total. The molecule has 0 aliphatic heterocycles. The van der Waals surface area contributed by atoms with E-state index in [1.54, 1.807) is 6.20 Å². The van der Waals surface area contributed by atoms with Crippen molar-refractivity contribution in [3.05, 3.63) is 6.20 Å². The van der Waals surface area contributed by atoms with Crippen LogP contribution in [0, 0.1) is 0 Å². The first kappa shape index (κ1) is 10.4. The molecule has 2 heterocycles. The summed E-state index contributed by atoms with van der Waals surface area (Å²) in [6.07, 6.45) is 6.29. The summed E-state index contributed by atoms with van der Waals surface area (Å²) in [5.41, 5.74) is 0.309. The van der Waals surface area contributed by atoms with E-state index in [1.807, 2.05) is 0 Å². The smallest absolute Gasteiger partial charge is 0.227 e. The van der Waals surface area contributed by atoms with Crippen LogP contribution in [0.1, 0.15) is 32.1 Å². The van der Waals surface area contributed by atoms with Crippen LogP contribution in [0.4, 0.5) is 5.95 Å². The molecule has 1 saturated carbocycles. The van der Waals surface area contributed by atoms with Crippen molar-refractivity contribution in [3.8, 4) is 0 Å². The van der Waals surface area contributed by atoms with Gasteiger partial charge in [-0.3, -0.25) is 5.10 Å². The molecule has 2 aromatic heterocycles. The highest BCUT2D eigenvalue weighted by molar-refractivity contribution is 5.68. The van der Waals surface area contributed by atoms with Gasteiger partial charge in [-0.15, -0.1) is 5.10 Å². The van der Waals surface area contributed by atoms with E-state index in [9.17, 15) is 5.11 Å². The van der Waals surface area contributed by atoms with Gasteiger partial charge in [0.25, 0.3) is 0 Å². The topological polar surface area (TPSA) is 99.6 Å². The fourth-order valence-electron chi connectivity index (χ4n) is 2.18. The Balaban J connectivity index is 1.83. The van der Waals surface area contributed by atoms with Crippen molar-refractivity contribution in [2.75, 3.05) is 5.32 Å². The van der Waals surface area contributed by atoms with Crippen LogP contribution in [0.15, 0.2) is 6.20 Å². The van der Waals surface area contributed by atoms with Gasteiger partial charge in [0.05, 0.1) is 6.20 Å². The number of fused-ring (bicyclic) bond motifs is 1. The molecule has 1 aliphatic carbocycles. The first-order valence-corrected chi connectivity index (χ1v) is 5.80. The predicted molar refractivity (Wildman–Crippen MR) is 61.1 cm³/mol. The van der Waals surface area contributed by atoms with E-state index < -0.39 is 5.72 Å². The van der Waals surface area contributed by atoms with Gasteiger partial charge in [0.2, 0.25) is 11.6 Å².